The summed E-state index contributed by atoms with van der Waals surface area (Å²) in [7, 11) is 0. The Bertz CT molecular complexity index is 1480. The normalized spacial score (nSPS) is 19.1. The maximum absolute atomic E-state index is 13.8. The lowest BCUT2D eigenvalue weighted by atomic mass is 9.85. The standard InChI is InChI=1S/C36H49N7O6/c1-5-10-26(30(45)34(48)40-25-15-16-25)41-28(44)19-23-13-9-14-24(23)20-39-35(49)31(36(2,3)4)43-33(47)29(22-11-7-6-8-12-22)42-32(46)27-21-37-17-18-38-27/h6-8,11-12,17-18,21,23-26,29,31H,5,9-10,13-16,19-20H2,1-4H3,(H,39,49)(H,40,48)(H,41,44)(H,42,46)(H,43,47)/t23-,24+,26+,29+,31-/m1/s1. The summed E-state index contributed by atoms with van der Waals surface area (Å²) in [5.74, 6) is -3.07. The SMILES string of the molecule is CCC[C@H](NC(=O)C[C@H]1CCC[C@H]1CNC(=O)[C@@H](NC(=O)[C@@H](NC(=O)c1cnccn1)c1ccccc1)C(C)(C)C)C(=O)C(=O)NC1CC1. The molecule has 5 N–H and O–H groups in total. The summed E-state index contributed by atoms with van der Waals surface area (Å²) in [6, 6.07) is 5.88. The predicted molar refractivity (Wildman–Crippen MR) is 182 cm³/mol. The van der Waals surface area contributed by atoms with Gasteiger partial charge in [-0.05, 0) is 54.9 Å². The van der Waals surface area contributed by atoms with E-state index in [9.17, 15) is 28.8 Å². The van der Waals surface area contributed by atoms with Gasteiger partial charge in [0.05, 0.1) is 12.2 Å². The van der Waals surface area contributed by atoms with Crippen molar-refractivity contribution in [2.24, 2.45) is 17.3 Å². The average Bonchev–Trinajstić information content (AvgIpc) is 3.79. The lowest BCUT2D eigenvalue weighted by Crippen LogP contribution is -2.56. The van der Waals surface area contributed by atoms with E-state index in [1.165, 1.54) is 18.6 Å². The molecule has 13 nitrogen and oxygen atoms in total. The fraction of sp³-hybridized carbons (Fsp3) is 0.556. The Morgan fingerprint density at radius 1 is 0.878 bits per heavy atom. The van der Waals surface area contributed by atoms with E-state index in [0.29, 0.717) is 24.9 Å². The maximum atomic E-state index is 13.8. The number of amides is 5. The number of Topliss-reactive ketones (excluding diaryl/α,β-unsaturated/α-hetero) is 1. The van der Waals surface area contributed by atoms with Crippen molar-refractivity contribution >= 4 is 35.3 Å². The quantitative estimate of drug-likeness (QED) is 0.168. The van der Waals surface area contributed by atoms with Gasteiger partial charge in [0, 0.05) is 31.4 Å². The monoisotopic (exact) mass is 675 g/mol. The van der Waals surface area contributed by atoms with Crippen LogP contribution in [-0.2, 0) is 24.0 Å². The van der Waals surface area contributed by atoms with Gasteiger partial charge < -0.3 is 26.6 Å². The number of aromatic nitrogens is 2. The second-order valence-corrected chi connectivity index (χ2v) is 14.1. The molecule has 264 valence electrons. The lowest BCUT2D eigenvalue weighted by molar-refractivity contribution is -0.140. The average molecular weight is 676 g/mol. The smallest absolute Gasteiger partial charge is 0.289 e. The van der Waals surface area contributed by atoms with Gasteiger partial charge in [0.15, 0.2) is 0 Å². The van der Waals surface area contributed by atoms with Crippen LogP contribution in [0, 0.1) is 17.3 Å². The number of ketones is 1. The van der Waals surface area contributed by atoms with Gasteiger partial charge in [-0.15, -0.1) is 0 Å². The van der Waals surface area contributed by atoms with Crippen LogP contribution in [-0.4, -0.2) is 70.0 Å². The highest BCUT2D eigenvalue weighted by Gasteiger charge is 2.37. The molecule has 1 aromatic carbocycles. The number of rotatable bonds is 16. The molecule has 0 spiro atoms. The fourth-order valence-corrected chi connectivity index (χ4v) is 6.14. The van der Waals surface area contributed by atoms with Crippen molar-refractivity contribution in [3.05, 3.63) is 60.2 Å². The summed E-state index contributed by atoms with van der Waals surface area (Å²) in [6.45, 7) is 7.73. The van der Waals surface area contributed by atoms with Gasteiger partial charge in [-0.3, -0.25) is 33.8 Å². The summed E-state index contributed by atoms with van der Waals surface area (Å²) in [5, 5.41) is 14.1. The Balaban J connectivity index is 1.36. The number of nitrogens with one attached hydrogen (secondary N) is 5. The molecule has 0 unspecified atom stereocenters. The fourth-order valence-electron chi connectivity index (χ4n) is 6.14. The minimum atomic E-state index is -1.10. The highest BCUT2D eigenvalue weighted by Crippen LogP contribution is 2.34. The topological polar surface area (TPSA) is 188 Å². The zero-order valence-electron chi connectivity index (χ0n) is 28.8. The van der Waals surface area contributed by atoms with Crippen LogP contribution < -0.4 is 26.6 Å². The molecule has 0 bridgehead atoms. The highest BCUT2D eigenvalue weighted by molar-refractivity contribution is 6.38. The van der Waals surface area contributed by atoms with Crippen LogP contribution >= 0.6 is 0 Å². The van der Waals surface area contributed by atoms with Crippen molar-refractivity contribution in [3.8, 4) is 0 Å². The zero-order chi connectivity index (χ0) is 35.6. The van der Waals surface area contributed by atoms with Crippen LogP contribution in [0.1, 0.15) is 101 Å². The van der Waals surface area contributed by atoms with Gasteiger partial charge in [-0.25, -0.2) is 4.98 Å². The van der Waals surface area contributed by atoms with E-state index in [1.54, 1.807) is 30.3 Å². The van der Waals surface area contributed by atoms with E-state index >= 15 is 0 Å². The van der Waals surface area contributed by atoms with E-state index in [0.717, 1.165) is 32.1 Å². The highest BCUT2D eigenvalue weighted by atomic mass is 16.2. The summed E-state index contributed by atoms with van der Waals surface area (Å²) < 4.78 is 0. The van der Waals surface area contributed by atoms with Crippen LogP contribution in [0.15, 0.2) is 48.9 Å². The molecule has 1 heterocycles. The Labute approximate surface area is 287 Å². The van der Waals surface area contributed by atoms with Crippen molar-refractivity contribution in [3.63, 3.8) is 0 Å². The van der Waals surface area contributed by atoms with Crippen LogP contribution in [0.3, 0.4) is 0 Å². The van der Waals surface area contributed by atoms with Crippen molar-refractivity contribution in [2.75, 3.05) is 6.54 Å². The predicted octanol–water partition coefficient (Wildman–Crippen LogP) is 2.53. The number of hydrogen-bond acceptors (Lipinski definition) is 8. The van der Waals surface area contributed by atoms with Gasteiger partial charge in [-0.2, -0.15) is 0 Å². The molecule has 1 aromatic heterocycles. The number of hydrogen-bond donors (Lipinski definition) is 5. The van der Waals surface area contributed by atoms with E-state index in [2.05, 4.69) is 36.6 Å². The first-order valence-electron chi connectivity index (χ1n) is 17.2. The first-order valence-corrected chi connectivity index (χ1v) is 17.2. The van der Waals surface area contributed by atoms with Gasteiger partial charge in [-0.1, -0.05) is 70.9 Å². The number of benzene rings is 1. The molecule has 2 aromatic rings. The molecule has 0 aliphatic heterocycles. The Morgan fingerprint density at radius 3 is 2.22 bits per heavy atom. The Morgan fingerprint density at radius 2 is 1.59 bits per heavy atom. The molecule has 2 aliphatic carbocycles. The third-order valence-electron chi connectivity index (χ3n) is 9.05. The van der Waals surface area contributed by atoms with Crippen molar-refractivity contribution in [1.29, 1.82) is 0 Å². The zero-order valence-corrected chi connectivity index (χ0v) is 28.8. The first-order chi connectivity index (χ1) is 23.4. The number of carbonyl (C=O) groups is 6. The van der Waals surface area contributed by atoms with Crippen LogP contribution in [0.2, 0.25) is 0 Å². The molecule has 5 amide bonds. The van der Waals surface area contributed by atoms with E-state index in [1.807, 2.05) is 27.7 Å². The van der Waals surface area contributed by atoms with Gasteiger partial charge in [0.25, 0.3) is 11.8 Å². The minimum absolute atomic E-state index is 0.0144. The van der Waals surface area contributed by atoms with Gasteiger partial charge in [0.2, 0.25) is 23.5 Å². The molecule has 2 saturated carbocycles. The van der Waals surface area contributed by atoms with Crippen molar-refractivity contribution < 1.29 is 28.8 Å². The van der Waals surface area contributed by atoms with E-state index in [-0.39, 0.29) is 41.8 Å². The summed E-state index contributed by atoms with van der Waals surface area (Å²) >= 11 is 0. The first kappa shape index (κ1) is 37.1. The third-order valence-corrected chi connectivity index (χ3v) is 9.05. The molecule has 4 rings (SSSR count). The van der Waals surface area contributed by atoms with Gasteiger partial charge >= 0.3 is 0 Å². The molecule has 0 saturated heterocycles. The van der Waals surface area contributed by atoms with Crippen LogP contribution in [0.5, 0.6) is 0 Å². The Kier molecular flexibility index (Phi) is 13.0. The van der Waals surface area contributed by atoms with Crippen molar-refractivity contribution in [2.45, 2.75) is 103 Å². The lowest BCUT2D eigenvalue weighted by Gasteiger charge is -2.32. The molecule has 0 radical (unpaired) electrons. The van der Waals surface area contributed by atoms with Gasteiger partial charge in [0.1, 0.15) is 17.8 Å². The summed E-state index contributed by atoms with van der Waals surface area (Å²) in [4.78, 5) is 86.5. The van der Waals surface area contributed by atoms with E-state index in [4.69, 9.17) is 0 Å². The van der Waals surface area contributed by atoms with Crippen LogP contribution in [0.25, 0.3) is 0 Å². The number of carbonyl (C=O) groups excluding carboxylic acids is 6. The summed E-state index contributed by atoms with van der Waals surface area (Å²) in [5.41, 5.74) is -0.103. The maximum Gasteiger partial charge on any atom is 0.289 e. The van der Waals surface area contributed by atoms with E-state index < -0.39 is 47.0 Å². The molecule has 49 heavy (non-hydrogen) atoms. The molecule has 2 aliphatic rings. The molecular weight excluding hydrogens is 626 g/mol. The summed E-state index contributed by atoms with van der Waals surface area (Å²) in [6.07, 6.45) is 9.56. The molecule has 2 fully saturated rings. The Hall–Kier alpha value is -4.68. The minimum Gasteiger partial charge on any atom is -0.354 e. The second kappa shape index (κ2) is 17.1. The largest absolute Gasteiger partial charge is 0.354 e. The number of nitrogens with zero attached hydrogens (tertiary/aromatic N) is 2. The third kappa shape index (κ3) is 10.9. The van der Waals surface area contributed by atoms with Crippen LogP contribution in [0.4, 0.5) is 0 Å². The second-order valence-electron chi connectivity index (χ2n) is 14.1. The molecule has 5 atom stereocenters. The molecular formula is C36H49N7O6. The molecule has 13 heteroatoms. The van der Waals surface area contributed by atoms with Crippen molar-refractivity contribution in [1.82, 2.24) is 36.6 Å².